The van der Waals surface area contributed by atoms with Crippen molar-refractivity contribution in [2.75, 3.05) is 0 Å². The fourth-order valence-corrected chi connectivity index (χ4v) is 4.36. The van der Waals surface area contributed by atoms with Crippen LogP contribution in [0.4, 0.5) is 0 Å². The molecule has 1 saturated carbocycles. The Morgan fingerprint density at radius 3 is 2.52 bits per heavy atom. The number of Topliss-reactive ketones (excluding diaryl/α,β-unsaturated/α-hetero) is 2. The Kier molecular flexibility index (Phi) is 2.85. The summed E-state index contributed by atoms with van der Waals surface area (Å²) in [4.78, 5) is 24.8. The van der Waals surface area contributed by atoms with Crippen LogP contribution in [0.5, 0.6) is 5.75 Å². The number of phenols is 1. The van der Waals surface area contributed by atoms with Crippen molar-refractivity contribution in [1.82, 2.24) is 0 Å². The largest absolute Gasteiger partial charge is 0.508 e. The Morgan fingerprint density at radius 2 is 1.86 bits per heavy atom. The number of benzene rings is 1. The maximum atomic E-state index is 12.5. The van der Waals surface area contributed by atoms with Crippen LogP contribution in [0.15, 0.2) is 12.1 Å². The van der Waals surface area contributed by atoms with Crippen molar-refractivity contribution in [2.24, 2.45) is 11.3 Å². The normalized spacial score (nSPS) is 30.8. The number of rotatable bonds is 0. The molecular weight excluding hydrogens is 264 g/mol. The summed E-state index contributed by atoms with van der Waals surface area (Å²) in [7, 11) is 0. The van der Waals surface area contributed by atoms with Gasteiger partial charge in [0.1, 0.15) is 11.5 Å². The van der Waals surface area contributed by atoms with Gasteiger partial charge in [-0.25, -0.2) is 0 Å². The molecule has 2 aliphatic rings. The molecule has 1 fully saturated rings. The van der Waals surface area contributed by atoms with Crippen LogP contribution in [-0.2, 0) is 10.2 Å². The van der Waals surface area contributed by atoms with Gasteiger partial charge in [0, 0.05) is 23.8 Å². The minimum Gasteiger partial charge on any atom is -0.508 e. The van der Waals surface area contributed by atoms with Crippen LogP contribution in [-0.4, -0.2) is 16.7 Å². The van der Waals surface area contributed by atoms with Gasteiger partial charge in [-0.1, -0.05) is 20.8 Å². The molecule has 0 amide bonds. The highest BCUT2D eigenvalue weighted by atomic mass is 16.3. The number of carbonyl (C=O) groups is 2. The second kappa shape index (κ2) is 4.19. The second-order valence-corrected chi connectivity index (χ2v) is 7.43. The van der Waals surface area contributed by atoms with Crippen LogP contribution in [0.1, 0.15) is 61.5 Å². The molecule has 1 N–H and O–H groups in total. The van der Waals surface area contributed by atoms with Gasteiger partial charge in [-0.15, -0.1) is 0 Å². The van der Waals surface area contributed by atoms with E-state index in [4.69, 9.17) is 0 Å². The van der Waals surface area contributed by atoms with E-state index < -0.39 is 5.41 Å². The van der Waals surface area contributed by atoms with Gasteiger partial charge in [0.05, 0.1) is 0 Å². The average Bonchev–Trinajstić information content (AvgIpc) is 2.41. The molecular formula is C18H22O3. The standard InChI is InChI=1S/C18H22O3/c1-10-7-11-12(8-13(10)19)18(4)6-5-16(21)17(2,3)15(18)9-14(11)20/h7-8,15,19H,5-6,9H2,1-4H3/t15-,18+/m1/s1. The lowest BCUT2D eigenvalue weighted by atomic mass is 9.49. The Balaban J connectivity index is 2.24. The number of hydrogen-bond donors (Lipinski definition) is 1. The minimum atomic E-state index is -0.485. The third-order valence-corrected chi connectivity index (χ3v) is 5.87. The Hall–Kier alpha value is -1.64. The molecule has 2 aliphatic carbocycles. The summed E-state index contributed by atoms with van der Waals surface area (Å²) in [6.45, 7) is 7.88. The van der Waals surface area contributed by atoms with Crippen LogP contribution in [0.3, 0.4) is 0 Å². The smallest absolute Gasteiger partial charge is 0.163 e. The molecule has 112 valence electrons. The Bertz CT molecular complexity index is 657. The summed E-state index contributed by atoms with van der Waals surface area (Å²) in [6, 6.07) is 3.55. The molecule has 0 aliphatic heterocycles. The van der Waals surface area contributed by atoms with E-state index in [1.165, 1.54) is 0 Å². The van der Waals surface area contributed by atoms with Gasteiger partial charge in [-0.2, -0.15) is 0 Å². The van der Waals surface area contributed by atoms with Gasteiger partial charge in [0.15, 0.2) is 5.78 Å². The summed E-state index contributed by atoms with van der Waals surface area (Å²) in [5.74, 6) is 0.586. The zero-order valence-electron chi connectivity index (χ0n) is 13.1. The first-order valence-corrected chi connectivity index (χ1v) is 7.58. The molecule has 3 heteroatoms. The van der Waals surface area contributed by atoms with E-state index in [9.17, 15) is 14.7 Å². The van der Waals surface area contributed by atoms with E-state index in [1.807, 2.05) is 20.8 Å². The highest BCUT2D eigenvalue weighted by Crippen LogP contribution is 2.56. The number of phenolic OH excluding ortho intramolecular Hbond substituents is 1. The third-order valence-electron chi connectivity index (χ3n) is 5.87. The monoisotopic (exact) mass is 286 g/mol. The molecule has 2 atom stereocenters. The first kappa shape index (κ1) is 14.3. The SMILES string of the molecule is Cc1cc2c(cc1O)[C@]1(C)CCC(=O)C(C)(C)[C@H]1CC2=O. The first-order valence-electron chi connectivity index (χ1n) is 7.58. The van der Waals surface area contributed by atoms with Crippen molar-refractivity contribution in [3.8, 4) is 5.75 Å². The van der Waals surface area contributed by atoms with Crippen LogP contribution in [0.25, 0.3) is 0 Å². The molecule has 0 saturated heterocycles. The van der Waals surface area contributed by atoms with E-state index in [0.717, 1.165) is 23.1 Å². The highest BCUT2D eigenvalue weighted by Gasteiger charge is 2.55. The Labute approximate surface area is 125 Å². The van der Waals surface area contributed by atoms with Crippen molar-refractivity contribution in [2.45, 2.75) is 52.4 Å². The molecule has 3 rings (SSSR count). The van der Waals surface area contributed by atoms with E-state index in [0.29, 0.717) is 12.8 Å². The number of aryl methyl sites for hydroxylation is 1. The quantitative estimate of drug-likeness (QED) is 0.793. The summed E-state index contributed by atoms with van der Waals surface area (Å²) < 4.78 is 0. The third kappa shape index (κ3) is 1.79. The summed E-state index contributed by atoms with van der Waals surface area (Å²) in [5, 5.41) is 10.1. The molecule has 1 aromatic carbocycles. The van der Waals surface area contributed by atoms with Crippen LogP contribution in [0.2, 0.25) is 0 Å². The second-order valence-electron chi connectivity index (χ2n) is 7.43. The number of fused-ring (bicyclic) bond motifs is 3. The fraction of sp³-hybridized carbons (Fsp3) is 0.556. The molecule has 1 aromatic rings. The van der Waals surface area contributed by atoms with Crippen LogP contribution in [0, 0.1) is 18.3 Å². The van der Waals surface area contributed by atoms with Gasteiger partial charge in [0.25, 0.3) is 0 Å². The molecule has 0 unspecified atom stereocenters. The number of aromatic hydroxyl groups is 1. The van der Waals surface area contributed by atoms with Gasteiger partial charge >= 0.3 is 0 Å². The molecule has 0 heterocycles. The van der Waals surface area contributed by atoms with Crippen LogP contribution >= 0.6 is 0 Å². The van der Waals surface area contributed by atoms with E-state index in [2.05, 4.69) is 6.92 Å². The maximum absolute atomic E-state index is 12.5. The summed E-state index contributed by atoms with van der Waals surface area (Å²) in [5.41, 5.74) is 1.68. The van der Waals surface area contributed by atoms with Crippen LogP contribution < -0.4 is 0 Å². The van der Waals surface area contributed by atoms with E-state index >= 15 is 0 Å². The molecule has 3 nitrogen and oxygen atoms in total. The lowest BCUT2D eigenvalue weighted by Crippen LogP contribution is -2.53. The zero-order valence-corrected chi connectivity index (χ0v) is 13.1. The van der Waals surface area contributed by atoms with Gasteiger partial charge in [-0.05, 0) is 47.9 Å². The predicted molar refractivity (Wildman–Crippen MR) is 80.7 cm³/mol. The number of hydrogen-bond acceptors (Lipinski definition) is 3. The molecule has 0 spiro atoms. The van der Waals surface area contributed by atoms with Crippen molar-refractivity contribution in [3.05, 3.63) is 28.8 Å². The topological polar surface area (TPSA) is 54.4 Å². The van der Waals surface area contributed by atoms with Crippen molar-refractivity contribution in [1.29, 1.82) is 0 Å². The van der Waals surface area contributed by atoms with Crippen molar-refractivity contribution >= 4 is 11.6 Å². The molecule has 0 radical (unpaired) electrons. The lowest BCUT2D eigenvalue weighted by molar-refractivity contribution is -0.136. The van der Waals surface area contributed by atoms with Crippen molar-refractivity contribution in [3.63, 3.8) is 0 Å². The maximum Gasteiger partial charge on any atom is 0.163 e. The van der Waals surface area contributed by atoms with Gasteiger partial charge in [0.2, 0.25) is 0 Å². The fourth-order valence-electron chi connectivity index (χ4n) is 4.36. The predicted octanol–water partition coefficient (Wildman–Crippen LogP) is 3.55. The summed E-state index contributed by atoms with van der Waals surface area (Å²) >= 11 is 0. The summed E-state index contributed by atoms with van der Waals surface area (Å²) in [6.07, 6.45) is 1.72. The van der Waals surface area contributed by atoms with Gasteiger partial charge < -0.3 is 5.11 Å². The molecule has 21 heavy (non-hydrogen) atoms. The molecule has 0 bridgehead atoms. The van der Waals surface area contributed by atoms with Crippen molar-refractivity contribution < 1.29 is 14.7 Å². The lowest BCUT2D eigenvalue weighted by Gasteiger charge is -2.52. The first-order chi connectivity index (χ1) is 9.68. The number of carbonyl (C=O) groups excluding carboxylic acids is 2. The Morgan fingerprint density at radius 1 is 1.19 bits per heavy atom. The molecule has 0 aromatic heterocycles. The average molecular weight is 286 g/mol. The zero-order chi connectivity index (χ0) is 15.6. The van der Waals surface area contributed by atoms with Gasteiger partial charge in [-0.3, -0.25) is 9.59 Å². The minimum absolute atomic E-state index is 0.00774. The van der Waals surface area contributed by atoms with E-state index in [1.54, 1.807) is 12.1 Å². The van der Waals surface area contributed by atoms with E-state index in [-0.39, 0.29) is 28.6 Å². The highest BCUT2D eigenvalue weighted by molar-refractivity contribution is 6.01. The number of ketones is 2.